The van der Waals surface area contributed by atoms with E-state index in [1.54, 1.807) is 6.07 Å². The Labute approximate surface area is 203 Å². The van der Waals surface area contributed by atoms with Gasteiger partial charge in [-0.05, 0) is 53.5 Å². The summed E-state index contributed by atoms with van der Waals surface area (Å²) in [5.41, 5.74) is 1.50. The quantitative estimate of drug-likeness (QED) is 0.521. The Bertz CT molecular complexity index is 1290. The van der Waals surface area contributed by atoms with Crippen LogP contribution in [0.5, 0.6) is 0 Å². The highest BCUT2D eigenvalue weighted by Crippen LogP contribution is 2.68. The Morgan fingerprint density at radius 3 is 2.49 bits per heavy atom. The molecule has 1 amide bonds. The van der Waals surface area contributed by atoms with Crippen molar-refractivity contribution in [3.63, 3.8) is 0 Å². The van der Waals surface area contributed by atoms with Gasteiger partial charge in [0.25, 0.3) is 0 Å². The molecule has 35 heavy (non-hydrogen) atoms. The van der Waals surface area contributed by atoms with Gasteiger partial charge in [-0.2, -0.15) is 5.10 Å². The summed E-state index contributed by atoms with van der Waals surface area (Å²) in [6.07, 6.45) is 1.54. The highest BCUT2D eigenvalue weighted by Gasteiger charge is 2.68. The Hall–Kier alpha value is -3.19. The maximum atomic E-state index is 14.4. The lowest BCUT2D eigenvalue weighted by molar-refractivity contribution is -0.155. The molecule has 2 atom stereocenters. The van der Waals surface area contributed by atoms with Gasteiger partial charge in [-0.25, -0.2) is 8.78 Å². The van der Waals surface area contributed by atoms with Crippen LogP contribution in [0.3, 0.4) is 0 Å². The fourth-order valence-corrected chi connectivity index (χ4v) is 6.43. The normalized spacial score (nSPS) is 24.3. The van der Waals surface area contributed by atoms with Crippen molar-refractivity contribution in [2.45, 2.75) is 50.7 Å². The van der Waals surface area contributed by atoms with Crippen LogP contribution < -0.4 is 0 Å². The molecular formula is C28H27F2N3O2. The lowest BCUT2D eigenvalue weighted by Crippen LogP contribution is -2.61. The molecule has 7 heteroatoms. The number of aromatic nitrogens is 2. The molecule has 2 aromatic carbocycles. The highest BCUT2D eigenvalue weighted by atomic mass is 19.1. The van der Waals surface area contributed by atoms with Crippen LogP contribution in [-0.4, -0.2) is 40.2 Å². The van der Waals surface area contributed by atoms with Crippen molar-refractivity contribution < 1.29 is 18.3 Å². The Morgan fingerprint density at radius 2 is 1.77 bits per heavy atom. The minimum absolute atomic E-state index is 0.00855. The number of halogens is 2. The average molecular weight is 476 g/mol. The molecule has 0 spiro atoms. The van der Waals surface area contributed by atoms with Crippen LogP contribution in [0, 0.1) is 17.0 Å². The molecule has 6 rings (SSSR count). The van der Waals surface area contributed by atoms with Gasteiger partial charge >= 0.3 is 0 Å². The van der Waals surface area contributed by atoms with Crippen molar-refractivity contribution in [1.82, 2.24) is 15.1 Å². The van der Waals surface area contributed by atoms with Crippen molar-refractivity contribution in [1.29, 1.82) is 0 Å². The van der Waals surface area contributed by atoms with E-state index in [-0.39, 0.29) is 34.6 Å². The lowest BCUT2D eigenvalue weighted by atomic mass is 9.67. The Balaban J connectivity index is 1.26. The molecule has 3 aliphatic rings. The molecule has 2 heterocycles. The molecule has 1 aromatic heterocycles. The summed E-state index contributed by atoms with van der Waals surface area (Å²) in [4.78, 5) is 15.8. The van der Waals surface area contributed by atoms with Crippen LogP contribution in [0.25, 0.3) is 11.3 Å². The van der Waals surface area contributed by atoms with E-state index >= 15 is 0 Å². The van der Waals surface area contributed by atoms with Crippen molar-refractivity contribution in [3.8, 4) is 11.3 Å². The molecule has 0 radical (unpaired) electrons. The number of fused-ring (bicyclic) bond motifs is 5. The molecule has 5 nitrogen and oxygen atoms in total. The summed E-state index contributed by atoms with van der Waals surface area (Å²) in [7, 11) is 0. The summed E-state index contributed by atoms with van der Waals surface area (Å²) in [5.74, 6) is -1.21. The minimum atomic E-state index is -0.781. The molecule has 2 fully saturated rings. The first-order chi connectivity index (χ1) is 16.8. The predicted molar refractivity (Wildman–Crippen MR) is 126 cm³/mol. The molecule has 3 aromatic rings. The largest absolute Gasteiger partial charge is 0.370 e. The Morgan fingerprint density at radius 1 is 1.06 bits per heavy atom. The summed E-state index contributed by atoms with van der Waals surface area (Å²) < 4.78 is 34.8. The maximum Gasteiger partial charge on any atom is 0.235 e. The van der Waals surface area contributed by atoms with E-state index in [4.69, 9.17) is 4.74 Å². The number of likely N-dealkylation sites (tertiary alicyclic amines) is 1. The first kappa shape index (κ1) is 22.3. The number of hydrogen-bond donors (Lipinski definition) is 0. The number of amides is 1. The smallest absolute Gasteiger partial charge is 0.235 e. The number of carbonyl (C=O) groups excluding carboxylic acids is 1. The SMILES string of the molecule is CC1(C)[C@H]2CC[C@]1(C(=O)N1CC(OCc3ccccc3)C1)c1nnc(-c3c(F)cccc3F)cc12. The van der Waals surface area contributed by atoms with Gasteiger partial charge in [0, 0.05) is 13.1 Å². The van der Waals surface area contributed by atoms with E-state index < -0.39 is 17.0 Å². The van der Waals surface area contributed by atoms with E-state index in [2.05, 4.69) is 24.0 Å². The van der Waals surface area contributed by atoms with Crippen LogP contribution in [0.15, 0.2) is 54.6 Å². The van der Waals surface area contributed by atoms with Crippen LogP contribution in [0.1, 0.15) is 49.4 Å². The zero-order valence-electron chi connectivity index (χ0n) is 19.8. The number of nitrogens with zero attached hydrogens (tertiary/aromatic N) is 3. The van der Waals surface area contributed by atoms with Crippen LogP contribution in [0.4, 0.5) is 8.78 Å². The summed E-state index contributed by atoms with van der Waals surface area (Å²) in [6.45, 7) is 5.84. The number of carbonyl (C=O) groups is 1. The highest BCUT2D eigenvalue weighted by molar-refractivity contribution is 5.92. The van der Waals surface area contributed by atoms with Gasteiger partial charge in [-0.3, -0.25) is 4.79 Å². The molecule has 0 N–H and O–H groups in total. The third-order valence-corrected chi connectivity index (χ3v) is 8.43. The molecule has 1 aliphatic heterocycles. The molecule has 1 saturated heterocycles. The van der Waals surface area contributed by atoms with E-state index in [0.29, 0.717) is 31.8 Å². The molecule has 2 bridgehead atoms. The van der Waals surface area contributed by atoms with Gasteiger partial charge in [-0.15, -0.1) is 5.10 Å². The number of rotatable bonds is 5. The second kappa shape index (κ2) is 7.92. The molecule has 180 valence electrons. The predicted octanol–water partition coefficient (Wildman–Crippen LogP) is 5.00. The fourth-order valence-electron chi connectivity index (χ4n) is 6.43. The van der Waals surface area contributed by atoms with Crippen molar-refractivity contribution in [2.24, 2.45) is 5.41 Å². The third kappa shape index (κ3) is 3.17. The first-order valence-corrected chi connectivity index (χ1v) is 12.1. The van der Waals surface area contributed by atoms with Gasteiger partial charge in [-0.1, -0.05) is 50.2 Å². The molecule has 1 saturated carbocycles. The minimum Gasteiger partial charge on any atom is -0.370 e. The third-order valence-electron chi connectivity index (χ3n) is 8.43. The van der Waals surface area contributed by atoms with E-state index in [1.165, 1.54) is 18.2 Å². The van der Waals surface area contributed by atoms with E-state index in [9.17, 15) is 13.6 Å². The van der Waals surface area contributed by atoms with E-state index in [0.717, 1.165) is 17.5 Å². The first-order valence-electron chi connectivity index (χ1n) is 12.1. The number of hydrogen-bond acceptors (Lipinski definition) is 4. The van der Waals surface area contributed by atoms with Crippen molar-refractivity contribution >= 4 is 5.91 Å². The van der Waals surface area contributed by atoms with Gasteiger partial charge in [0.2, 0.25) is 5.91 Å². The van der Waals surface area contributed by atoms with Gasteiger partial charge in [0.15, 0.2) is 0 Å². The second-order valence-corrected chi connectivity index (χ2v) is 10.5. The monoisotopic (exact) mass is 475 g/mol. The standard InChI is InChI=1S/C28H27F2N3O2/c1-27(2)20-11-12-28(27,26(34)33-14-18(15-33)35-16-17-7-4-3-5-8-17)25-19(20)13-23(31-32-25)24-21(29)9-6-10-22(24)30/h3-10,13,18,20H,11-12,14-16H2,1-2H3/t20-,28+/m0/s1. The van der Waals surface area contributed by atoms with Crippen LogP contribution in [-0.2, 0) is 21.6 Å². The zero-order valence-corrected chi connectivity index (χ0v) is 19.8. The topological polar surface area (TPSA) is 55.3 Å². The number of benzene rings is 2. The summed E-state index contributed by atoms with van der Waals surface area (Å²) in [5, 5.41) is 8.67. The van der Waals surface area contributed by atoms with Crippen LogP contribution >= 0.6 is 0 Å². The summed E-state index contributed by atoms with van der Waals surface area (Å²) in [6, 6.07) is 15.5. The van der Waals surface area contributed by atoms with Gasteiger partial charge in [0.1, 0.15) is 11.6 Å². The number of ether oxygens (including phenoxy) is 1. The fraction of sp³-hybridized carbons (Fsp3) is 0.393. The van der Waals surface area contributed by atoms with Crippen LogP contribution in [0.2, 0.25) is 0 Å². The Kier molecular flexibility index (Phi) is 5.04. The van der Waals surface area contributed by atoms with Gasteiger partial charge in [0.05, 0.1) is 35.1 Å². The van der Waals surface area contributed by atoms with Crippen molar-refractivity contribution in [3.05, 3.63) is 83.1 Å². The zero-order chi connectivity index (χ0) is 24.4. The average Bonchev–Trinajstić information content (AvgIpc) is 3.19. The van der Waals surface area contributed by atoms with E-state index in [1.807, 2.05) is 35.2 Å². The lowest BCUT2D eigenvalue weighted by Gasteiger charge is -2.46. The molecular weight excluding hydrogens is 448 g/mol. The van der Waals surface area contributed by atoms with Gasteiger partial charge < -0.3 is 9.64 Å². The summed E-state index contributed by atoms with van der Waals surface area (Å²) >= 11 is 0. The maximum absolute atomic E-state index is 14.4. The van der Waals surface area contributed by atoms with Crippen molar-refractivity contribution in [2.75, 3.05) is 13.1 Å². The molecule has 0 unspecified atom stereocenters. The second-order valence-electron chi connectivity index (χ2n) is 10.5. The molecule has 2 aliphatic carbocycles.